The second-order valence-corrected chi connectivity index (χ2v) is 11.4. The van der Waals surface area contributed by atoms with Crippen LogP contribution in [0.1, 0.15) is 50.5 Å². The first-order valence-electron chi connectivity index (χ1n) is 11.3. The van der Waals surface area contributed by atoms with Gasteiger partial charge in [-0.1, -0.05) is 24.6 Å². The van der Waals surface area contributed by atoms with Crippen molar-refractivity contribution in [2.75, 3.05) is 50.3 Å². The lowest BCUT2D eigenvalue weighted by Gasteiger charge is -2.38. The van der Waals surface area contributed by atoms with Gasteiger partial charge in [-0.15, -0.1) is 0 Å². The van der Waals surface area contributed by atoms with Crippen molar-refractivity contribution in [3.05, 3.63) is 29.8 Å². The molecule has 6 nitrogen and oxygen atoms in total. The van der Waals surface area contributed by atoms with E-state index in [1.807, 2.05) is 30.1 Å². The minimum absolute atomic E-state index is 0.0569. The fourth-order valence-electron chi connectivity index (χ4n) is 5.62. The van der Waals surface area contributed by atoms with Crippen LogP contribution in [0.15, 0.2) is 24.3 Å². The first kappa shape index (κ1) is 21.6. The Morgan fingerprint density at radius 3 is 2.47 bits per heavy atom. The van der Waals surface area contributed by atoms with Crippen LogP contribution in [0.4, 0.5) is 5.69 Å². The van der Waals surface area contributed by atoms with Crippen molar-refractivity contribution in [1.82, 2.24) is 9.80 Å². The maximum atomic E-state index is 13.0. The third-order valence-electron chi connectivity index (χ3n) is 7.46. The Hall–Kier alpha value is -1.60. The third kappa shape index (κ3) is 4.24. The van der Waals surface area contributed by atoms with Crippen molar-refractivity contribution in [3.8, 4) is 0 Å². The molecule has 1 aromatic rings. The average Bonchev–Trinajstić information content (AvgIpc) is 3.07. The van der Waals surface area contributed by atoms with Gasteiger partial charge in [-0.3, -0.25) is 9.10 Å². The zero-order valence-electron chi connectivity index (χ0n) is 18.3. The molecule has 7 heteroatoms. The number of likely N-dealkylation sites (N-methyl/N-ethyl adjacent to an activating group) is 1. The van der Waals surface area contributed by atoms with Gasteiger partial charge in [0.15, 0.2) is 0 Å². The van der Waals surface area contributed by atoms with Crippen LogP contribution in [-0.2, 0) is 20.2 Å². The van der Waals surface area contributed by atoms with Crippen LogP contribution >= 0.6 is 0 Å². The van der Waals surface area contributed by atoms with Crippen LogP contribution in [0.3, 0.4) is 0 Å². The highest BCUT2D eigenvalue weighted by atomic mass is 32.2. The number of rotatable bonds is 5. The number of hydrogen-bond acceptors (Lipinski definition) is 4. The van der Waals surface area contributed by atoms with Gasteiger partial charge in [0.25, 0.3) is 0 Å². The lowest BCUT2D eigenvalue weighted by molar-refractivity contribution is -0.135. The van der Waals surface area contributed by atoms with Crippen LogP contribution in [-0.4, -0.2) is 70.2 Å². The number of nitrogens with zero attached hydrogens (tertiary/aromatic N) is 3. The van der Waals surface area contributed by atoms with Gasteiger partial charge in [-0.25, -0.2) is 8.42 Å². The second kappa shape index (κ2) is 8.50. The van der Waals surface area contributed by atoms with Gasteiger partial charge in [-0.05, 0) is 63.2 Å². The molecule has 166 valence electrons. The Balaban J connectivity index is 1.38. The molecule has 1 aliphatic carbocycles. The van der Waals surface area contributed by atoms with Crippen LogP contribution in [0, 0.1) is 5.92 Å². The number of hydrogen-bond donors (Lipinski definition) is 0. The Bertz CT molecular complexity index is 871. The molecule has 0 bridgehead atoms. The predicted octanol–water partition coefficient (Wildman–Crippen LogP) is 2.84. The number of benzene rings is 1. The van der Waals surface area contributed by atoms with E-state index in [1.54, 1.807) is 4.31 Å². The Kier molecular flexibility index (Phi) is 6.13. The maximum absolute atomic E-state index is 13.0. The molecule has 1 aromatic carbocycles. The summed E-state index contributed by atoms with van der Waals surface area (Å²) in [4.78, 5) is 17.4. The van der Waals surface area contributed by atoms with Gasteiger partial charge >= 0.3 is 0 Å². The lowest BCUT2D eigenvalue weighted by Crippen LogP contribution is -2.44. The van der Waals surface area contributed by atoms with Crippen molar-refractivity contribution >= 4 is 21.6 Å². The standard InChI is InChI=1S/C23H35N3O3S/c1-24(16-17-25-14-6-3-7-15-25)22(27)19-10-12-23(13-11-19)18-26(30(2,28)29)21-9-5-4-8-20(21)23/h4-5,8-9,19H,3,6-7,10-18H2,1-2H3/t19-,23+. The SMILES string of the molecule is CN(CCN1CCCCC1)C(=O)[C@H]1CC[C@@]2(CC1)CN(S(C)(=O)=O)c1ccccc12. The molecule has 2 heterocycles. The first-order valence-corrected chi connectivity index (χ1v) is 13.2. The number of para-hydroxylation sites is 1. The van der Waals surface area contributed by atoms with Gasteiger partial charge in [0.05, 0.1) is 11.9 Å². The number of carbonyl (C=O) groups is 1. The second-order valence-electron chi connectivity index (χ2n) is 9.50. The van der Waals surface area contributed by atoms with E-state index in [0.717, 1.165) is 63.1 Å². The van der Waals surface area contributed by atoms with Crippen LogP contribution in [0.5, 0.6) is 0 Å². The largest absolute Gasteiger partial charge is 0.344 e. The van der Waals surface area contributed by atoms with Gasteiger partial charge in [0, 0.05) is 38.0 Å². The van der Waals surface area contributed by atoms with Gasteiger partial charge in [-0.2, -0.15) is 0 Å². The molecule has 2 fully saturated rings. The topological polar surface area (TPSA) is 60.9 Å². The summed E-state index contributed by atoms with van der Waals surface area (Å²) >= 11 is 0. The van der Waals surface area contributed by atoms with E-state index < -0.39 is 10.0 Å². The zero-order valence-corrected chi connectivity index (χ0v) is 19.2. The third-order valence-corrected chi connectivity index (χ3v) is 8.59. The number of carbonyl (C=O) groups excluding carboxylic acids is 1. The molecule has 1 amide bonds. The van der Waals surface area contributed by atoms with E-state index in [0.29, 0.717) is 6.54 Å². The molecule has 1 saturated heterocycles. The molecular formula is C23H35N3O3S. The summed E-state index contributed by atoms with van der Waals surface area (Å²) in [5, 5.41) is 0. The summed E-state index contributed by atoms with van der Waals surface area (Å²) in [6.45, 7) is 4.59. The molecule has 0 radical (unpaired) electrons. The molecule has 30 heavy (non-hydrogen) atoms. The summed E-state index contributed by atoms with van der Waals surface area (Å²) in [5.74, 6) is 0.314. The number of amides is 1. The summed E-state index contributed by atoms with van der Waals surface area (Å²) in [5.41, 5.74) is 1.81. The number of piperidine rings is 1. The van der Waals surface area contributed by atoms with Gasteiger partial charge < -0.3 is 9.80 Å². The molecule has 4 rings (SSSR count). The van der Waals surface area contributed by atoms with E-state index in [1.165, 1.54) is 25.5 Å². The highest BCUT2D eigenvalue weighted by Crippen LogP contribution is 2.51. The van der Waals surface area contributed by atoms with Crippen molar-refractivity contribution in [2.24, 2.45) is 5.92 Å². The molecule has 3 aliphatic rings. The van der Waals surface area contributed by atoms with Crippen molar-refractivity contribution in [2.45, 2.75) is 50.4 Å². The smallest absolute Gasteiger partial charge is 0.232 e. The van der Waals surface area contributed by atoms with E-state index >= 15 is 0 Å². The molecule has 0 aromatic heterocycles. The number of fused-ring (bicyclic) bond motifs is 2. The van der Waals surface area contributed by atoms with Crippen molar-refractivity contribution < 1.29 is 13.2 Å². The van der Waals surface area contributed by atoms with Gasteiger partial charge in [0.2, 0.25) is 15.9 Å². The molecular weight excluding hydrogens is 398 g/mol. The van der Waals surface area contributed by atoms with E-state index in [4.69, 9.17) is 0 Å². The zero-order chi connectivity index (χ0) is 21.4. The van der Waals surface area contributed by atoms with Crippen molar-refractivity contribution in [1.29, 1.82) is 0 Å². The average molecular weight is 434 g/mol. The minimum atomic E-state index is -3.30. The summed E-state index contributed by atoms with van der Waals surface area (Å²) in [6.07, 6.45) is 8.56. The van der Waals surface area contributed by atoms with Crippen LogP contribution in [0.25, 0.3) is 0 Å². The Morgan fingerprint density at radius 2 is 1.80 bits per heavy atom. The quantitative estimate of drug-likeness (QED) is 0.716. The number of anilines is 1. The number of sulfonamides is 1. The highest BCUT2D eigenvalue weighted by molar-refractivity contribution is 7.92. The first-order chi connectivity index (χ1) is 14.3. The van der Waals surface area contributed by atoms with E-state index in [2.05, 4.69) is 11.0 Å². The monoisotopic (exact) mass is 433 g/mol. The fourth-order valence-corrected chi connectivity index (χ4v) is 6.62. The van der Waals surface area contributed by atoms with Gasteiger partial charge in [0.1, 0.15) is 0 Å². The van der Waals surface area contributed by atoms with Crippen LogP contribution in [0.2, 0.25) is 0 Å². The van der Waals surface area contributed by atoms with Crippen molar-refractivity contribution in [3.63, 3.8) is 0 Å². The van der Waals surface area contributed by atoms with E-state index in [9.17, 15) is 13.2 Å². The molecule has 0 unspecified atom stereocenters. The normalized spacial score (nSPS) is 27.3. The fraction of sp³-hybridized carbons (Fsp3) is 0.696. The summed E-state index contributed by atoms with van der Waals surface area (Å²) in [7, 11) is -1.36. The molecule has 1 saturated carbocycles. The number of likely N-dealkylation sites (tertiary alicyclic amines) is 1. The molecule has 2 aliphatic heterocycles. The van der Waals surface area contributed by atoms with Crippen LogP contribution < -0.4 is 4.31 Å². The predicted molar refractivity (Wildman–Crippen MR) is 120 cm³/mol. The Labute approximate surface area is 181 Å². The maximum Gasteiger partial charge on any atom is 0.232 e. The minimum Gasteiger partial charge on any atom is -0.344 e. The van der Waals surface area contributed by atoms with E-state index in [-0.39, 0.29) is 17.2 Å². The summed E-state index contributed by atoms with van der Waals surface area (Å²) in [6, 6.07) is 7.89. The highest BCUT2D eigenvalue weighted by Gasteiger charge is 2.48. The lowest BCUT2D eigenvalue weighted by atomic mass is 9.67. The molecule has 0 atom stereocenters. The Morgan fingerprint density at radius 1 is 1.13 bits per heavy atom. The molecule has 1 spiro atoms. The molecule has 0 N–H and O–H groups in total. The summed E-state index contributed by atoms with van der Waals surface area (Å²) < 4.78 is 26.3.